The first-order chi connectivity index (χ1) is 11.4. The maximum atomic E-state index is 12.7. The maximum absolute atomic E-state index is 12.7. The van der Waals surface area contributed by atoms with Gasteiger partial charge in [0, 0.05) is 21.6 Å². The van der Waals surface area contributed by atoms with Gasteiger partial charge in [0.05, 0.1) is 18.1 Å². The van der Waals surface area contributed by atoms with Crippen LogP contribution < -0.4 is 5.32 Å². The molecule has 0 radical (unpaired) electrons. The van der Waals surface area contributed by atoms with Crippen LogP contribution in [-0.4, -0.2) is 36.9 Å². The van der Waals surface area contributed by atoms with E-state index in [9.17, 15) is 13.2 Å². The number of carbonyl (C=O) groups excluding carboxylic acids is 1. The molecule has 2 heterocycles. The summed E-state index contributed by atoms with van der Waals surface area (Å²) < 4.78 is 23.6. The largest absolute Gasteiger partial charge is 0.322 e. The number of hydrogen-bond donors (Lipinski definition) is 1. The Morgan fingerprint density at radius 1 is 1.29 bits per heavy atom. The number of rotatable bonds is 4. The molecule has 128 valence electrons. The smallest absolute Gasteiger partial charge is 0.315 e. The first kappa shape index (κ1) is 17.3. The van der Waals surface area contributed by atoms with Crippen molar-refractivity contribution in [1.82, 2.24) is 4.90 Å². The number of sulfone groups is 1. The molecular formula is C16H17ClN2O3S2. The van der Waals surface area contributed by atoms with Gasteiger partial charge in [-0.25, -0.2) is 13.2 Å². The Balaban J connectivity index is 1.78. The monoisotopic (exact) mass is 384 g/mol. The predicted molar refractivity (Wildman–Crippen MR) is 97.4 cm³/mol. The van der Waals surface area contributed by atoms with E-state index in [-0.39, 0.29) is 23.6 Å². The fourth-order valence-electron chi connectivity index (χ4n) is 2.69. The third-order valence-corrected chi connectivity index (χ3v) is 6.78. The van der Waals surface area contributed by atoms with Gasteiger partial charge in [0.2, 0.25) is 0 Å². The van der Waals surface area contributed by atoms with Crippen LogP contribution in [0.4, 0.5) is 10.5 Å². The number of amides is 2. The molecule has 1 aromatic carbocycles. The third-order valence-electron chi connectivity index (χ3n) is 3.91. The van der Waals surface area contributed by atoms with E-state index in [1.54, 1.807) is 40.5 Å². The molecule has 2 aromatic rings. The number of thiophene rings is 1. The van der Waals surface area contributed by atoms with Gasteiger partial charge in [-0.05, 0) is 42.1 Å². The van der Waals surface area contributed by atoms with Crippen molar-refractivity contribution >= 4 is 44.5 Å². The van der Waals surface area contributed by atoms with Gasteiger partial charge in [-0.15, -0.1) is 11.3 Å². The Bertz CT molecular complexity index is 804. The van der Waals surface area contributed by atoms with E-state index in [1.165, 1.54) is 0 Å². The van der Waals surface area contributed by atoms with Gasteiger partial charge >= 0.3 is 6.03 Å². The number of hydrogen-bond acceptors (Lipinski definition) is 4. The molecule has 1 saturated heterocycles. The second-order valence-corrected chi connectivity index (χ2v) is 9.40. The van der Waals surface area contributed by atoms with E-state index < -0.39 is 9.84 Å². The predicted octanol–water partition coefficient (Wildman–Crippen LogP) is 3.62. The number of carbonyl (C=O) groups is 1. The standard InChI is InChI=1S/C16H17ClN2O3S2/c17-12-3-5-13(6-4-12)18-16(20)19(10-15-2-1-8-23-15)14-7-9-24(21,22)11-14/h1-6,8,14H,7,9-11H2,(H,18,20)/t14-/m1/s1. The second kappa shape index (κ2) is 7.13. The second-order valence-electron chi connectivity index (χ2n) is 5.70. The number of nitrogens with zero attached hydrogens (tertiary/aromatic N) is 1. The molecule has 1 fully saturated rings. The van der Waals surface area contributed by atoms with Gasteiger partial charge in [0.1, 0.15) is 0 Å². The zero-order valence-electron chi connectivity index (χ0n) is 12.8. The highest BCUT2D eigenvalue weighted by atomic mass is 35.5. The highest BCUT2D eigenvalue weighted by Gasteiger charge is 2.34. The first-order valence-corrected chi connectivity index (χ1v) is 10.6. The van der Waals surface area contributed by atoms with E-state index >= 15 is 0 Å². The number of halogens is 1. The van der Waals surface area contributed by atoms with E-state index in [1.807, 2.05) is 17.5 Å². The molecule has 5 nitrogen and oxygen atoms in total. The molecule has 0 aliphatic carbocycles. The van der Waals surface area contributed by atoms with Crippen LogP contribution in [0.5, 0.6) is 0 Å². The van der Waals surface area contributed by atoms with Crippen LogP contribution in [0.25, 0.3) is 0 Å². The molecule has 0 unspecified atom stereocenters. The van der Waals surface area contributed by atoms with E-state index in [2.05, 4.69) is 5.32 Å². The molecule has 1 aliphatic heterocycles. The first-order valence-electron chi connectivity index (χ1n) is 7.49. The van der Waals surface area contributed by atoms with Crippen LogP contribution in [-0.2, 0) is 16.4 Å². The Kier molecular flexibility index (Phi) is 5.12. The van der Waals surface area contributed by atoms with Crippen LogP contribution in [0.15, 0.2) is 41.8 Å². The lowest BCUT2D eigenvalue weighted by atomic mass is 10.2. The van der Waals surface area contributed by atoms with Gasteiger partial charge in [0.15, 0.2) is 9.84 Å². The zero-order chi connectivity index (χ0) is 17.2. The Labute approximate surface area is 150 Å². The van der Waals surface area contributed by atoms with Crippen molar-refractivity contribution in [3.63, 3.8) is 0 Å². The van der Waals surface area contributed by atoms with Gasteiger partial charge in [-0.3, -0.25) is 0 Å². The van der Waals surface area contributed by atoms with E-state index in [0.717, 1.165) is 4.88 Å². The minimum atomic E-state index is -3.07. The average Bonchev–Trinajstić information content (AvgIpc) is 3.16. The van der Waals surface area contributed by atoms with E-state index in [4.69, 9.17) is 11.6 Å². The van der Waals surface area contributed by atoms with Crippen molar-refractivity contribution in [3.8, 4) is 0 Å². The molecule has 0 spiro atoms. The average molecular weight is 385 g/mol. The normalized spacial score (nSPS) is 19.1. The molecule has 2 amide bonds. The fraction of sp³-hybridized carbons (Fsp3) is 0.312. The zero-order valence-corrected chi connectivity index (χ0v) is 15.2. The molecule has 0 bridgehead atoms. The molecule has 3 rings (SSSR count). The van der Waals surface area contributed by atoms with Crippen LogP contribution in [0.2, 0.25) is 5.02 Å². The molecule has 1 aliphatic rings. The lowest BCUT2D eigenvalue weighted by Gasteiger charge is -2.28. The van der Waals surface area contributed by atoms with E-state index in [0.29, 0.717) is 23.7 Å². The molecule has 1 N–H and O–H groups in total. The van der Waals surface area contributed by atoms with Crippen molar-refractivity contribution in [2.45, 2.75) is 19.0 Å². The van der Waals surface area contributed by atoms with Crippen LogP contribution in [0.1, 0.15) is 11.3 Å². The minimum Gasteiger partial charge on any atom is -0.315 e. The summed E-state index contributed by atoms with van der Waals surface area (Å²) in [7, 11) is -3.07. The van der Waals surface area contributed by atoms with Crippen molar-refractivity contribution in [2.24, 2.45) is 0 Å². The molecule has 24 heavy (non-hydrogen) atoms. The summed E-state index contributed by atoms with van der Waals surface area (Å²) in [4.78, 5) is 15.3. The molecule has 1 atom stereocenters. The lowest BCUT2D eigenvalue weighted by molar-refractivity contribution is 0.191. The lowest BCUT2D eigenvalue weighted by Crippen LogP contribution is -2.42. The molecular weight excluding hydrogens is 368 g/mol. The van der Waals surface area contributed by atoms with Gasteiger partial charge in [-0.2, -0.15) is 0 Å². The van der Waals surface area contributed by atoms with Crippen LogP contribution in [0, 0.1) is 0 Å². The van der Waals surface area contributed by atoms with Gasteiger partial charge < -0.3 is 10.2 Å². The third kappa shape index (κ3) is 4.28. The quantitative estimate of drug-likeness (QED) is 0.875. The fourth-order valence-corrected chi connectivity index (χ4v) is 5.25. The highest BCUT2D eigenvalue weighted by Crippen LogP contribution is 2.23. The van der Waals surface area contributed by atoms with Gasteiger partial charge in [-0.1, -0.05) is 17.7 Å². The summed E-state index contributed by atoms with van der Waals surface area (Å²) in [5.74, 6) is 0.152. The van der Waals surface area contributed by atoms with Gasteiger partial charge in [0.25, 0.3) is 0 Å². The Hall–Kier alpha value is -1.57. The summed E-state index contributed by atoms with van der Waals surface area (Å²) in [6.07, 6.45) is 0.474. The van der Waals surface area contributed by atoms with Crippen molar-refractivity contribution in [1.29, 1.82) is 0 Å². The topological polar surface area (TPSA) is 66.5 Å². The summed E-state index contributed by atoms with van der Waals surface area (Å²) in [6.45, 7) is 0.400. The SMILES string of the molecule is O=C(Nc1ccc(Cl)cc1)N(Cc1cccs1)[C@@H]1CCS(=O)(=O)C1. The molecule has 1 aromatic heterocycles. The van der Waals surface area contributed by atoms with Crippen molar-refractivity contribution in [3.05, 3.63) is 51.7 Å². The molecule has 0 saturated carbocycles. The number of anilines is 1. The summed E-state index contributed by atoms with van der Waals surface area (Å²) in [5, 5.41) is 5.35. The Morgan fingerprint density at radius 3 is 2.62 bits per heavy atom. The number of benzene rings is 1. The number of urea groups is 1. The number of nitrogens with one attached hydrogen (secondary N) is 1. The summed E-state index contributed by atoms with van der Waals surface area (Å²) >= 11 is 7.40. The molecule has 8 heteroatoms. The summed E-state index contributed by atoms with van der Waals surface area (Å²) in [5.41, 5.74) is 0.626. The minimum absolute atomic E-state index is 0.0203. The van der Waals surface area contributed by atoms with Crippen molar-refractivity contribution < 1.29 is 13.2 Å². The summed E-state index contributed by atoms with van der Waals surface area (Å²) in [6, 6.07) is 10.1. The van der Waals surface area contributed by atoms with Crippen molar-refractivity contribution in [2.75, 3.05) is 16.8 Å². The Morgan fingerprint density at radius 2 is 2.04 bits per heavy atom. The highest BCUT2D eigenvalue weighted by molar-refractivity contribution is 7.91. The van der Waals surface area contributed by atoms with Crippen LogP contribution in [0.3, 0.4) is 0 Å². The maximum Gasteiger partial charge on any atom is 0.322 e. The van der Waals surface area contributed by atoms with Crippen LogP contribution >= 0.6 is 22.9 Å².